The molecule has 0 heterocycles. The van der Waals surface area contributed by atoms with Gasteiger partial charge >= 0.3 is 5.97 Å². The van der Waals surface area contributed by atoms with Gasteiger partial charge in [0.1, 0.15) is 11.5 Å². The highest BCUT2D eigenvalue weighted by atomic mass is 16.6. The Labute approximate surface area is 198 Å². The predicted octanol–water partition coefficient (Wildman–Crippen LogP) is 4.15. The second kappa shape index (κ2) is 12.1. The molecule has 0 saturated carbocycles. The van der Waals surface area contributed by atoms with Crippen molar-refractivity contribution in [3.05, 3.63) is 83.4 Å². The first kappa shape index (κ1) is 24.3. The van der Waals surface area contributed by atoms with E-state index in [-0.39, 0.29) is 12.4 Å². The van der Waals surface area contributed by atoms with E-state index in [1.165, 1.54) is 13.3 Å². The lowest BCUT2D eigenvalue weighted by atomic mass is 10.2. The smallest absolute Gasteiger partial charge is 0.343 e. The Morgan fingerprint density at radius 1 is 0.912 bits per heavy atom. The summed E-state index contributed by atoms with van der Waals surface area (Å²) in [6.07, 6.45) is 1.45. The maximum absolute atomic E-state index is 12.5. The van der Waals surface area contributed by atoms with Crippen molar-refractivity contribution < 1.29 is 28.5 Å². The topological polar surface area (TPSA) is 95.5 Å². The Kier molecular flexibility index (Phi) is 8.62. The normalized spacial score (nSPS) is 10.6. The van der Waals surface area contributed by atoms with Gasteiger partial charge in [-0.2, -0.15) is 5.10 Å². The minimum Gasteiger partial charge on any atom is -0.494 e. The third kappa shape index (κ3) is 7.09. The van der Waals surface area contributed by atoms with Crippen LogP contribution in [0.3, 0.4) is 0 Å². The molecule has 0 saturated heterocycles. The summed E-state index contributed by atoms with van der Waals surface area (Å²) in [5.41, 5.74) is 4.52. The molecule has 3 rings (SSSR count). The number of esters is 1. The molecule has 0 aromatic heterocycles. The number of ether oxygens (including phenoxy) is 4. The molecular weight excluding hydrogens is 436 g/mol. The maximum Gasteiger partial charge on any atom is 0.343 e. The Morgan fingerprint density at radius 2 is 1.59 bits per heavy atom. The summed E-state index contributed by atoms with van der Waals surface area (Å²) in [5, 5.41) is 3.93. The zero-order valence-corrected chi connectivity index (χ0v) is 19.2. The average Bonchev–Trinajstić information content (AvgIpc) is 2.85. The van der Waals surface area contributed by atoms with Gasteiger partial charge in [0, 0.05) is 0 Å². The predicted molar refractivity (Wildman–Crippen MR) is 128 cm³/mol. The zero-order valence-electron chi connectivity index (χ0n) is 19.2. The number of hydrogen-bond donors (Lipinski definition) is 1. The summed E-state index contributed by atoms with van der Waals surface area (Å²) < 4.78 is 21.6. The molecule has 176 valence electrons. The molecule has 0 radical (unpaired) electrons. The van der Waals surface area contributed by atoms with E-state index in [9.17, 15) is 9.59 Å². The molecule has 3 aromatic rings. The molecule has 8 heteroatoms. The summed E-state index contributed by atoms with van der Waals surface area (Å²) in [6, 6.07) is 19.0. The van der Waals surface area contributed by atoms with Crippen LogP contribution in [0.25, 0.3) is 0 Å². The lowest BCUT2D eigenvalue weighted by Crippen LogP contribution is -2.24. The Bertz CT molecular complexity index is 1140. The van der Waals surface area contributed by atoms with Gasteiger partial charge < -0.3 is 18.9 Å². The maximum atomic E-state index is 12.5. The van der Waals surface area contributed by atoms with Gasteiger partial charge in [0.25, 0.3) is 5.91 Å². The van der Waals surface area contributed by atoms with Gasteiger partial charge in [0.05, 0.1) is 25.5 Å². The number of carbonyl (C=O) groups is 2. The molecule has 0 aliphatic heterocycles. The fourth-order valence-corrected chi connectivity index (χ4v) is 2.86. The van der Waals surface area contributed by atoms with Crippen molar-refractivity contribution in [2.75, 3.05) is 20.3 Å². The van der Waals surface area contributed by atoms with Gasteiger partial charge in [-0.3, -0.25) is 4.79 Å². The highest BCUT2D eigenvalue weighted by Crippen LogP contribution is 2.28. The van der Waals surface area contributed by atoms with Crippen LogP contribution in [0.15, 0.2) is 71.8 Å². The van der Waals surface area contributed by atoms with Gasteiger partial charge in [-0.05, 0) is 74.0 Å². The number of nitrogens with one attached hydrogen (secondary N) is 1. The zero-order chi connectivity index (χ0) is 24.3. The fraction of sp³-hybridized carbons (Fsp3) is 0.192. The molecule has 0 unspecified atom stereocenters. The van der Waals surface area contributed by atoms with Gasteiger partial charge in [0.2, 0.25) is 0 Å². The first-order valence-electron chi connectivity index (χ1n) is 10.6. The van der Waals surface area contributed by atoms with E-state index < -0.39 is 11.9 Å². The lowest BCUT2D eigenvalue weighted by molar-refractivity contribution is -0.123. The van der Waals surface area contributed by atoms with Crippen LogP contribution in [-0.2, 0) is 4.79 Å². The van der Waals surface area contributed by atoms with Crippen LogP contribution in [0.2, 0.25) is 0 Å². The standard InChI is InChI=1S/C26H26N2O6/c1-4-32-21-12-8-20(9-13-21)26(30)34-23-14-7-19(15-24(23)31-3)16-27-28-25(29)17-33-22-10-5-18(2)6-11-22/h5-16H,4,17H2,1-3H3,(H,28,29)/b27-16+. The number of benzene rings is 3. The number of nitrogens with zero attached hydrogens (tertiary/aromatic N) is 1. The molecule has 3 aromatic carbocycles. The summed E-state index contributed by atoms with van der Waals surface area (Å²) in [7, 11) is 1.47. The van der Waals surface area contributed by atoms with E-state index in [0.29, 0.717) is 35.0 Å². The SMILES string of the molecule is CCOc1ccc(C(=O)Oc2ccc(/C=N/NC(=O)COc3ccc(C)cc3)cc2OC)cc1. The summed E-state index contributed by atoms with van der Waals surface area (Å²) in [4.78, 5) is 24.4. The van der Waals surface area contributed by atoms with E-state index in [1.807, 2.05) is 26.0 Å². The third-order valence-corrected chi connectivity index (χ3v) is 4.59. The van der Waals surface area contributed by atoms with Crippen molar-refractivity contribution in [3.8, 4) is 23.0 Å². The molecule has 34 heavy (non-hydrogen) atoms. The molecule has 1 N–H and O–H groups in total. The number of carbonyl (C=O) groups excluding carboxylic acids is 2. The van der Waals surface area contributed by atoms with Crippen LogP contribution in [0.1, 0.15) is 28.4 Å². The number of hydrogen-bond acceptors (Lipinski definition) is 7. The minimum absolute atomic E-state index is 0.163. The molecule has 0 atom stereocenters. The van der Waals surface area contributed by atoms with Crippen LogP contribution >= 0.6 is 0 Å². The van der Waals surface area contributed by atoms with Crippen LogP contribution in [0, 0.1) is 6.92 Å². The minimum atomic E-state index is -0.524. The largest absolute Gasteiger partial charge is 0.494 e. The van der Waals surface area contributed by atoms with E-state index in [1.54, 1.807) is 54.6 Å². The highest BCUT2D eigenvalue weighted by molar-refractivity contribution is 5.92. The van der Waals surface area contributed by atoms with Crippen LogP contribution in [0.4, 0.5) is 0 Å². The summed E-state index contributed by atoms with van der Waals surface area (Å²) >= 11 is 0. The summed E-state index contributed by atoms with van der Waals surface area (Å²) in [6.45, 7) is 4.24. The van der Waals surface area contributed by atoms with Gasteiger partial charge in [-0.15, -0.1) is 0 Å². The summed E-state index contributed by atoms with van der Waals surface area (Å²) in [5.74, 6) is 0.957. The number of hydrazone groups is 1. The lowest BCUT2D eigenvalue weighted by Gasteiger charge is -2.10. The van der Waals surface area contributed by atoms with Crippen LogP contribution in [0.5, 0.6) is 23.0 Å². The Hall–Kier alpha value is -4.33. The number of aryl methyl sites for hydroxylation is 1. The average molecular weight is 463 g/mol. The van der Waals surface area contributed by atoms with Crippen molar-refractivity contribution in [3.63, 3.8) is 0 Å². The number of methoxy groups -OCH3 is 1. The van der Waals surface area contributed by atoms with Crippen LogP contribution in [-0.4, -0.2) is 38.4 Å². The van der Waals surface area contributed by atoms with E-state index in [2.05, 4.69) is 10.5 Å². The second-order valence-corrected chi connectivity index (χ2v) is 7.15. The highest BCUT2D eigenvalue weighted by Gasteiger charge is 2.13. The van der Waals surface area contributed by atoms with Gasteiger partial charge in [-0.1, -0.05) is 17.7 Å². The monoisotopic (exact) mass is 462 g/mol. The van der Waals surface area contributed by atoms with Crippen molar-refractivity contribution >= 4 is 18.1 Å². The quantitative estimate of drug-likeness (QED) is 0.211. The molecule has 0 spiro atoms. The van der Waals surface area contributed by atoms with Crippen molar-refractivity contribution in [2.24, 2.45) is 5.10 Å². The molecule has 0 fully saturated rings. The molecule has 0 bridgehead atoms. The van der Waals surface area contributed by atoms with Crippen molar-refractivity contribution in [2.45, 2.75) is 13.8 Å². The molecule has 0 aliphatic rings. The Balaban J connectivity index is 1.55. The van der Waals surface area contributed by atoms with Gasteiger partial charge in [0.15, 0.2) is 18.1 Å². The fourth-order valence-electron chi connectivity index (χ4n) is 2.86. The van der Waals surface area contributed by atoms with E-state index >= 15 is 0 Å². The first-order valence-corrected chi connectivity index (χ1v) is 10.6. The third-order valence-electron chi connectivity index (χ3n) is 4.59. The van der Waals surface area contributed by atoms with E-state index in [0.717, 1.165) is 5.56 Å². The molecule has 1 amide bonds. The molecular formula is C26H26N2O6. The van der Waals surface area contributed by atoms with Crippen LogP contribution < -0.4 is 24.4 Å². The van der Waals surface area contributed by atoms with Crippen molar-refractivity contribution in [1.82, 2.24) is 5.43 Å². The number of rotatable bonds is 10. The molecule has 0 aliphatic carbocycles. The first-order chi connectivity index (χ1) is 16.5. The molecule has 8 nitrogen and oxygen atoms in total. The number of amides is 1. The Morgan fingerprint density at radius 3 is 2.26 bits per heavy atom. The van der Waals surface area contributed by atoms with Gasteiger partial charge in [-0.25, -0.2) is 10.2 Å². The van der Waals surface area contributed by atoms with E-state index in [4.69, 9.17) is 18.9 Å². The van der Waals surface area contributed by atoms with Crippen molar-refractivity contribution in [1.29, 1.82) is 0 Å². The second-order valence-electron chi connectivity index (χ2n) is 7.15.